The molecule has 1 amide bonds. The number of carbonyl (C=O) groups is 1. The van der Waals surface area contributed by atoms with E-state index < -0.39 is 0 Å². The fourth-order valence-corrected chi connectivity index (χ4v) is 4.29. The fourth-order valence-electron chi connectivity index (χ4n) is 4.29. The molecule has 2 aliphatic rings. The van der Waals surface area contributed by atoms with E-state index in [4.69, 9.17) is 5.10 Å². The molecule has 1 N–H and O–H groups in total. The highest BCUT2D eigenvalue weighted by Gasteiger charge is 2.30. The maximum absolute atomic E-state index is 13.3. The summed E-state index contributed by atoms with van der Waals surface area (Å²) in [5.74, 6) is 0.133. The predicted molar refractivity (Wildman–Crippen MR) is 117 cm³/mol. The standard InChI is InChI=1S/C25H23N3O/c29-25(28-16-7-2-8-17-28)22-15-9-14-21-23(22)19-12-5-6-13-20(19)24(21)27-26-18-10-3-1-4-11-18/h1,3-6,9-15,26H,2,7-8,16-17H2/b27-24+. The highest BCUT2D eigenvalue weighted by atomic mass is 16.2. The molecule has 0 radical (unpaired) electrons. The zero-order chi connectivity index (χ0) is 19.6. The van der Waals surface area contributed by atoms with Crippen molar-refractivity contribution in [1.29, 1.82) is 0 Å². The monoisotopic (exact) mass is 381 g/mol. The van der Waals surface area contributed by atoms with Gasteiger partial charge in [-0.2, -0.15) is 5.10 Å². The Morgan fingerprint density at radius 1 is 0.759 bits per heavy atom. The topological polar surface area (TPSA) is 44.7 Å². The molecule has 0 aromatic heterocycles. The molecule has 0 bridgehead atoms. The molecule has 1 fully saturated rings. The van der Waals surface area contributed by atoms with Gasteiger partial charge in [-0.1, -0.05) is 54.6 Å². The van der Waals surface area contributed by atoms with Gasteiger partial charge in [-0.15, -0.1) is 0 Å². The summed E-state index contributed by atoms with van der Waals surface area (Å²) in [5.41, 5.74) is 9.93. The zero-order valence-corrected chi connectivity index (χ0v) is 16.3. The van der Waals surface area contributed by atoms with Crippen LogP contribution in [0.25, 0.3) is 11.1 Å². The summed E-state index contributed by atoms with van der Waals surface area (Å²) in [6.07, 6.45) is 3.39. The van der Waals surface area contributed by atoms with Gasteiger partial charge in [0.1, 0.15) is 0 Å². The van der Waals surface area contributed by atoms with E-state index in [1.807, 2.05) is 59.5 Å². The predicted octanol–water partition coefficient (Wildman–Crippen LogP) is 5.16. The zero-order valence-electron chi connectivity index (χ0n) is 16.3. The van der Waals surface area contributed by atoms with Crippen LogP contribution in [0.5, 0.6) is 0 Å². The molecule has 0 unspecified atom stereocenters. The lowest BCUT2D eigenvalue weighted by Gasteiger charge is -2.27. The minimum Gasteiger partial charge on any atom is -0.339 e. The summed E-state index contributed by atoms with van der Waals surface area (Å²) in [6.45, 7) is 1.70. The minimum absolute atomic E-state index is 0.133. The second-order valence-corrected chi connectivity index (χ2v) is 7.56. The van der Waals surface area contributed by atoms with Crippen molar-refractivity contribution < 1.29 is 4.79 Å². The third-order valence-electron chi connectivity index (χ3n) is 5.72. The van der Waals surface area contributed by atoms with Crippen LogP contribution in [0.1, 0.15) is 40.7 Å². The fraction of sp³-hybridized carbons (Fsp3) is 0.200. The maximum atomic E-state index is 13.3. The van der Waals surface area contributed by atoms with Crippen molar-refractivity contribution >= 4 is 17.3 Å². The van der Waals surface area contributed by atoms with E-state index in [0.29, 0.717) is 0 Å². The van der Waals surface area contributed by atoms with Crippen molar-refractivity contribution in [1.82, 2.24) is 4.90 Å². The third kappa shape index (κ3) is 3.21. The molecule has 3 aromatic rings. The number of nitrogens with zero attached hydrogens (tertiary/aromatic N) is 2. The normalized spacial score (nSPS) is 16.4. The number of fused-ring (bicyclic) bond motifs is 3. The minimum atomic E-state index is 0.133. The second kappa shape index (κ2) is 7.55. The first-order valence-electron chi connectivity index (χ1n) is 10.2. The summed E-state index contributed by atoms with van der Waals surface area (Å²) in [4.78, 5) is 15.3. The van der Waals surface area contributed by atoms with Crippen molar-refractivity contribution in [3.8, 4) is 11.1 Å². The van der Waals surface area contributed by atoms with Crippen molar-refractivity contribution in [3.05, 3.63) is 89.5 Å². The number of hydrogen-bond acceptors (Lipinski definition) is 3. The van der Waals surface area contributed by atoms with Crippen LogP contribution in [0.3, 0.4) is 0 Å². The number of rotatable bonds is 3. The molecule has 1 saturated heterocycles. The Morgan fingerprint density at radius 3 is 2.24 bits per heavy atom. The number of carbonyl (C=O) groups excluding carboxylic acids is 1. The Labute approximate surface area is 170 Å². The number of hydrazone groups is 1. The maximum Gasteiger partial charge on any atom is 0.254 e. The first-order chi connectivity index (χ1) is 14.3. The molecule has 4 heteroatoms. The summed E-state index contributed by atoms with van der Waals surface area (Å²) in [7, 11) is 0. The molecule has 1 aliphatic heterocycles. The molecule has 0 spiro atoms. The van der Waals surface area contributed by atoms with E-state index in [2.05, 4.69) is 23.6 Å². The number of benzene rings is 3. The van der Waals surface area contributed by atoms with Gasteiger partial charge in [0.05, 0.1) is 11.4 Å². The van der Waals surface area contributed by atoms with Crippen LogP contribution in [-0.2, 0) is 0 Å². The second-order valence-electron chi connectivity index (χ2n) is 7.56. The van der Waals surface area contributed by atoms with Crippen LogP contribution in [0.15, 0.2) is 77.9 Å². The van der Waals surface area contributed by atoms with E-state index in [9.17, 15) is 4.79 Å². The molecule has 29 heavy (non-hydrogen) atoms. The molecule has 4 nitrogen and oxygen atoms in total. The molecule has 1 aliphatic carbocycles. The van der Waals surface area contributed by atoms with E-state index in [1.165, 1.54) is 6.42 Å². The highest BCUT2D eigenvalue weighted by Crippen LogP contribution is 2.40. The van der Waals surface area contributed by atoms with Crippen molar-refractivity contribution in [2.75, 3.05) is 18.5 Å². The van der Waals surface area contributed by atoms with Crippen LogP contribution in [0.2, 0.25) is 0 Å². The lowest BCUT2D eigenvalue weighted by atomic mass is 9.98. The van der Waals surface area contributed by atoms with Gasteiger partial charge in [0.2, 0.25) is 0 Å². The highest BCUT2D eigenvalue weighted by molar-refractivity contribution is 6.27. The van der Waals surface area contributed by atoms with Crippen LogP contribution < -0.4 is 5.43 Å². The summed E-state index contributed by atoms with van der Waals surface area (Å²) in [6, 6.07) is 24.1. The Kier molecular flexibility index (Phi) is 4.60. The van der Waals surface area contributed by atoms with Crippen LogP contribution in [-0.4, -0.2) is 29.6 Å². The number of hydrogen-bond donors (Lipinski definition) is 1. The molecule has 144 valence electrons. The number of amides is 1. The van der Waals surface area contributed by atoms with Crippen LogP contribution in [0.4, 0.5) is 5.69 Å². The van der Waals surface area contributed by atoms with Gasteiger partial charge in [-0.05, 0) is 43.0 Å². The molecular formula is C25H23N3O. The van der Waals surface area contributed by atoms with Gasteiger partial charge >= 0.3 is 0 Å². The smallest absolute Gasteiger partial charge is 0.254 e. The van der Waals surface area contributed by atoms with Gasteiger partial charge in [0.25, 0.3) is 5.91 Å². The van der Waals surface area contributed by atoms with Crippen LogP contribution in [0, 0.1) is 0 Å². The van der Waals surface area contributed by atoms with Gasteiger partial charge in [0.15, 0.2) is 0 Å². The summed E-state index contributed by atoms with van der Waals surface area (Å²) >= 11 is 0. The van der Waals surface area contributed by atoms with E-state index >= 15 is 0 Å². The first kappa shape index (κ1) is 17.7. The van der Waals surface area contributed by atoms with Gasteiger partial charge in [-0.3, -0.25) is 10.2 Å². The SMILES string of the molecule is O=C(c1cccc2c1-c1ccccc1/C2=N\Nc1ccccc1)N1CCCCC1. The molecule has 3 aromatic carbocycles. The average molecular weight is 381 g/mol. The molecular weight excluding hydrogens is 358 g/mol. The Bertz CT molecular complexity index is 1080. The largest absolute Gasteiger partial charge is 0.339 e. The summed E-state index contributed by atoms with van der Waals surface area (Å²) in [5, 5.41) is 4.73. The van der Waals surface area contributed by atoms with Gasteiger partial charge < -0.3 is 4.90 Å². The average Bonchev–Trinajstić information content (AvgIpc) is 3.12. The molecule has 0 saturated carbocycles. The van der Waals surface area contributed by atoms with E-state index in [-0.39, 0.29) is 5.91 Å². The number of likely N-dealkylation sites (tertiary alicyclic amines) is 1. The van der Waals surface area contributed by atoms with Gasteiger partial charge in [-0.25, -0.2) is 0 Å². The Morgan fingerprint density at radius 2 is 1.45 bits per heavy atom. The molecule has 5 rings (SSSR count). The number of para-hydroxylation sites is 1. The number of piperidine rings is 1. The number of nitrogens with one attached hydrogen (secondary N) is 1. The van der Waals surface area contributed by atoms with Crippen molar-refractivity contribution in [3.63, 3.8) is 0 Å². The lowest BCUT2D eigenvalue weighted by molar-refractivity contribution is 0.0725. The van der Waals surface area contributed by atoms with E-state index in [0.717, 1.165) is 65.1 Å². The quantitative estimate of drug-likeness (QED) is 0.498. The van der Waals surface area contributed by atoms with Crippen LogP contribution >= 0.6 is 0 Å². The Hall–Kier alpha value is -3.40. The molecule has 0 atom stereocenters. The first-order valence-corrected chi connectivity index (χ1v) is 10.2. The Balaban J connectivity index is 1.59. The third-order valence-corrected chi connectivity index (χ3v) is 5.72. The van der Waals surface area contributed by atoms with Crippen molar-refractivity contribution in [2.45, 2.75) is 19.3 Å². The number of anilines is 1. The molecule has 1 heterocycles. The van der Waals surface area contributed by atoms with Gasteiger partial charge in [0, 0.05) is 35.3 Å². The lowest BCUT2D eigenvalue weighted by Crippen LogP contribution is -2.35. The summed E-state index contributed by atoms with van der Waals surface area (Å²) < 4.78 is 0. The van der Waals surface area contributed by atoms with Crippen molar-refractivity contribution in [2.24, 2.45) is 5.10 Å². The van der Waals surface area contributed by atoms with E-state index in [1.54, 1.807) is 0 Å².